The van der Waals surface area contributed by atoms with E-state index in [4.69, 9.17) is 23.7 Å². The molecular weight excluding hydrogens is 490 g/mol. The van der Waals surface area contributed by atoms with E-state index in [9.17, 15) is 46.0 Å². The normalized spacial score (nSPS) is 50.0. The smallest absolute Gasteiger partial charge is 0.187 e. The van der Waals surface area contributed by atoms with E-state index in [1.54, 1.807) is 0 Å². The molecule has 3 saturated heterocycles. The second kappa shape index (κ2) is 12.7. The van der Waals surface area contributed by atoms with Gasteiger partial charge in [0.05, 0.1) is 25.9 Å². The number of aliphatic hydroxyl groups excluding tert-OH is 9. The average molecular weight is 528 g/mol. The lowest BCUT2D eigenvalue weighted by Gasteiger charge is -2.47. The summed E-state index contributed by atoms with van der Waals surface area (Å²) in [4.78, 5) is 0. The van der Waals surface area contributed by atoms with Gasteiger partial charge < -0.3 is 75.0 Å². The monoisotopic (exact) mass is 527 g/mol. The average Bonchev–Trinajstić information content (AvgIpc) is 2.87. The summed E-state index contributed by atoms with van der Waals surface area (Å²) in [6, 6.07) is -1.07. The predicted octanol–water partition coefficient (Wildman–Crippen LogP) is -5.56. The third kappa shape index (κ3) is 6.00. The quantitative estimate of drug-likeness (QED) is 0.134. The van der Waals surface area contributed by atoms with Crippen LogP contribution in [0.15, 0.2) is 12.8 Å². The van der Waals surface area contributed by atoms with E-state index in [0.717, 1.165) is 0 Å². The van der Waals surface area contributed by atoms with E-state index >= 15 is 0 Å². The van der Waals surface area contributed by atoms with Crippen LogP contribution in [-0.4, -0.2) is 152 Å². The van der Waals surface area contributed by atoms with Crippen LogP contribution < -0.4 is 5.32 Å². The molecule has 0 saturated carbocycles. The molecule has 0 aromatic rings. The lowest BCUT2D eigenvalue weighted by atomic mass is 9.92. The van der Waals surface area contributed by atoms with Crippen LogP contribution in [0.5, 0.6) is 0 Å². The molecule has 3 fully saturated rings. The molecule has 15 atom stereocenters. The minimum Gasteiger partial charge on any atom is -0.394 e. The molecule has 0 bridgehead atoms. The fourth-order valence-electron chi connectivity index (χ4n) is 4.44. The molecular formula is C21H37NO14. The molecule has 3 rings (SSSR count). The van der Waals surface area contributed by atoms with Crippen LogP contribution in [0.25, 0.3) is 0 Å². The number of hydrogen-bond donors (Lipinski definition) is 10. The van der Waals surface area contributed by atoms with Crippen molar-refractivity contribution in [1.29, 1.82) is 0 Å². The first-order valence-electron chi connectivity index (χ1n) is 11.6. The fraction of sp³-hybridized carbons (Fsp3) is 0.905. The number of ether oxygens (including phenoxy) is 5. The molecule has 3 aliphatic rings. The van der Waals surface area contributed by atoms with Gasteiger partial charge in [-0.3, -0.25) is 0 Å². The van der Waals surface area contributed by atoms with Gasteiger partial charge in [0, 0.05) is 5.92 Å². The summed E-state index contributed by atoms with van der Waals surface area (Å²) in [6.07, 6.45) is -17.2. The van der Waals surface area contributed by atoms with Gasteiger partial charge in [-0.15, -0.1) is 0 Å². The molecule has 0 spiro atoms. The summed E-state index contributed by atoms with van der Waals surface area (Å²) in [6.45, 7) is 3.30. The number of aliphatic hydroxyl groups is 9. The van der Waals surface area contributed by atoms with Gasteiger partial charge in [-0.05, 0) is 6.20 Å². The van der Waals surface area contributed by atoms with Gasteiger partial charge in [-0.1, -0.05) is 13.5 Å². The van der Waals surface area contributed by atoms with Gasteiger partial charge in [0.2, 0.25) is 0 Å². The Hall–Kier alpha value is -1.02. The molecule has 10 N–H and O–H groups in total. The van der Waals surface area contributed by atoms with Gasteiger partial charge in [0.25, 0.3) is 0 Å². The Balaban J connectivity index is 1.71. The molecule has 9 unspecified atom stereocenters. The first-order valence-corrected chi connectivity index (χ1v) is 11.6. The molecule has 0 amide bonds. The van der Waals surface area contributed by atoms with Gasteiger partial charge >= 0.3 is 0 Å². The maximum absolute atomic E-state index is 11.0. The Morgan fingerprint density at radius 2 is 1.36 bits per heavy atom. The van der Waals surface area contributed by atoms with Crippen LogP contribution in [0.3, 0.4) is 0 Å². The molecule has 0 aliphatic carbocycles. The van der Waals surface area contributed by atoms with Crippen LogP contribution in [-0.2, 0) is 23.7 Å². The minimum atomic E-state index is -1.75. The largest absolute Gasteiger partial charge is 0.394 e. The van der Waals surface area contributed by atoms with E-state index in [0.29, 0.717) is 0 Å². The zero-order chi connectivity index (χ0) is 26.7. The minimum absolute atomic E-state index is 0.370. The third-order valence-corrected chi connectivity index (χ3v) is 6.76. The van der Waals surface area contributed by atoms with Crippen molar-refractivity contribution in [3.8, 4) is 0 Å². The van der Waals surface area contributed by atoms with Crippen LogP contribution >= 0.6 is 0 Å². The number of rotatable bonds is 9. The van der Waals surface area contributed by atoms with Crippen molar-refractivity contribution in [2.45, 2.75) is 92.9 Å². The Kier molecular flexibility index (Phi) is 10.4. The van der Waals surface area contributed by atoms with E-state index in [2.05, 4.69) is 11.9 Å². The topological polar surface area (TPSA) is 240 Å². The van der Waals surface area contributed by atoms with Gasteiger partial charge in [-0.2, -0.15) is 0 Å². The summed E-state index contributed by atoms with van der Waals surface area (Å²) >= 11 is 0. The van der Waals surface area contributed by atoms with Crippen LogP contribution in [0.2, 0.25) is 0 Å². The molecule has 15 nitrogen and oxygen atoms in total. The maximum Gasteiger partial charge on any atom is 0.187 e. The summed E-state index contributed by atoms with van der Waals surface area (Å²) < 4.78 is 27.7. The molecule has 0 aromatic heterocycles. The SMILES string of the molecule is C=CNC1[C@H](OCC2O[C@H](O)C(C)[C@@H](O)C2O)OC(CO)C(O[C@@H]2OC(CO)C(O)[C@H](O)C2O)[C@@H]1O. The summed E-state index contributed by atoms with van der Waals surface area (Å²) in [7, 11) is 0. The Morgan fingerprint density at radius 1 is 0.750 bits per heavy atom. The van der Waals surface area contributed by atoms with Crippen molar-refractivity contribution in [2.24, 2.45) is 5.92 Å². The first kappa shape index (κ1) is 29.5. The van der Waals surface area contributed by atoms with Crippen molar-refractivity contribution in [2.75, 3.05) is 19.8 Å². The highest BCUT2D eigenvalue weighted by Crippen LogP contribution is 2.31. The number of nitrogens with one attached hydrogen (secondary N) is 1. The molecule has 0 radical (unpaired) electrons. The van der Waals surface area contributed by atoms with Crippen LogP contribution in [0.1, 0.15) is 6.92 Å². The van der Waals surface area contributed by atoms with Crippen LogP contribution in [0, 0.1) is 5.92 Å². The second-order valence-corrected chi connectivity index (χ2v) is 9.15. The van der Waals surface area contributed by atoms with Gasteiger partial charge in [0.15, 0.2) is 18.9 Å². The van der Waals surface area contributed by atoms with Crippen molar-refractivity contribution in [1.82, 2.24) is 5.32 Å². The third-order valence-electron chi connectivity index (χ3n) is 6.76. The zero-order valence-electron chi connectivity index (χ0n) is 19.6. The molecule has 0 aromatic carbocycles. The Morgan fingerprint density at radius 3 is 1.97 bits per heavy atom. The highest BCUT2D eigenvalue weighted by atomic mass is 16.7. The molecule has 36 heavy (non-hydrogen) atoms. The van der Waals surface area contributed by atoms with Crippen molar-refractivity contribution in [3.05, 3.63) is 12.8 Å². The summed E-state index contributed by atoms with van der Waals surface area (Å²) in [5.41, 5.74) is 0. The second-order valence-electron chi connectivity index (χ2n) is 9.15. The van der Waals surface area contributed by atoms with Crippen molar-refractivity contribution in [3.63, 3.8) is 0 Å². The van der Waals surface area contributed by atoms with E-state index in [-0.39, 0.29) is 6.61 Å². The molecule has 210 valence electrons. The maximum atomic E-state index is 11.0. The van der Waals surface area contributed by atoms with E-state index < -0.39 is 105 Å². The van der Waals surface area contributed by atoms with E-state index in [1.807, 2.05) is 0 Å². The molecule has 3 heterocycles. The molecule has 3 aliphatic heterocycles. The standard InChI is InChI=1S/C21H37NO14/c1-3-22-11-15(28)18(36-21-17(30)16(29)13(26)8(4-23)34-21)9(5-24)35-20(11)32-6-10-14(27)12(25)7(2)19(31)33-10/h3,7-31H,1,4-6H2,2H3/t7?,8?,9?,10?,11?,12-,13?,14?,15-,16+,17?,18?,19+,20-,21+/m1/s1. The lowest BCUT2D eigenvalue weighted by molar-refractivity contribution is -0.351. The highest BCUT2D eigenvalue weighted by molar-refractivity contribution is 4.98. The molecule has 15 heteroatoms. The highest BCUT2D eigenvalue weighted by Gasteiger charge is 2.51. The lowest BCUT2D eigenvalue weighted by Crippen LogP contribution is -2.67. The zero-order valence-corrected chi connectivity index (χ0v) is 19.6. The van der Waals surface area contributed by atoms with Crippen molar-refractivity contribution < 1.29 is 69.6 Å². The number of hydrogen-bond acceptors (Lipinski definition) is 15. The Labute approximate surface area is 207 Å². The fourth-order valence-corrected chi connectivity index (χ4v) is 4.44. The summed E-state index contributed by atoms with van der Waals surface area (Å²) in [5.74, 6) is -0.738. The first-order chi connectivity index (χ1) is 17.0. The van der Waals surface area contributed by atoms with Gasteiger partial charge in [0.1, 0.15) is 61.0 Å². The predicted molar refractivity (Wildman–Crippen MR) is 116 cm³/mol. The van der Waals surface area contributed by atoms with Crippen LogP contribution in [0.4, 0.5) is 0 Å². The van der Waals surface area contributed by atoms with E-state index in [1.165, 1.54) is 13.1 Å². The van der Waals surface area contributed by atoms with Gasteiger partial charge in [-0.25, -0.2) is 0 Å². The Bertz CT molecular complexity index is 702. The summed E-state index contributed by atoms with van der Waals surface area (Å²) in [5, 5.41) is 93.5. The van der Waals surface area contributed by atoms with Crippen molar-refractivity contribution >= 4 is 0 Å².